The van der Waals surface area contributed by atoms with Crippen molar-refractivity contribution in [2.75, 3.05) is 6.54 Å². The maximum absolute atomic E-state index is 12.3. The summed E-state index contributed by atoms with van der Waals surface area (Å²) in [5.74, 6) is 0.250. The second kappa shape index (κ2) is 6.41. The summed E-state index contributed by atoms with van der Waals surface area (Å²) in [5, 5.41) is 3.95. The molecule has 1 aromatic heterocycles. The summed E-state index contributed by atoms with van der Waals surface area (Å²) >= 11 is 0. The van der Waals surface area contributed by atoms with E-state index in [-0.39, 0.29) is 11.9 Å². The predicted octanol–water partition coefficient (Wildman–Crippen LogP) is 2.94. The minimum atomic E-state index is -0.792. The molecule has 0 unspecified atom stereocenters. The molecular weight excluding hydrogens is 314 g/mol. The van der Waals surface area contributed by atoms with E-state index in [0.717, 1.165) is 0 Å². The highest BCUT2D eigenvalue weighted by atomic mass is 16.6. The Bertz CT molecular complexity index is 615. The zero-order valence-corrected chi connectivity index (χ0v) is 15.1. The van der Waals surface area contributed by atoms with Gasteiger partial charge in [-0.1, -0.05) is 5.16 Å². The molecule has 134 valence electrons. The molecule has 1 saturated carbocycles. The van der Waals surface area contributed by atoms with Crippen LogP contribution in [0.25, 0.3) is 0 Å². The SMILES string of the molecule is CCN(C(=O)OC(C)(C)C)[C@@H](C)c1noc(C2(OC(C)=O)CC2)n1. The topological polar surface area (TPSA) is 94.8 Å². The standard InChI is InChI=1S/C16H25N3O5/c1-7-19(14(21)23-15(4,5)6)10(2)12-17-13(24-18-12)16(8-9-16)22-11(3)20/h10H,7-9H2,1-6H3/t10-/m0/s1. The first kappa shape index (κ1) is 18.2. The molecule has 1 amide bonds. The van der Waals surface area contributed by atoms with Crippen LogP contribution in [0.4, 0.5) is 4.79 Å². The lowest BCUT2D eigenvalue weighted by molar-refractivity contribution is -0.150. The van der Waals surface area contributed by atoms with Gasteiger partial charge in [-0.3, -0.25) is 9.69 Å². The van der Waals surface area contributed by atoms with Gasteiger partial charge in [0.25, 0.3) is 5.89 Å². The molecule has 2 rings (SSSR count). The molecule has 0 aliphatic heterocycles. The molecule has 0 spiro atoms. The van der Waals surface area contributed by atoms with Crippen LogP contribution < -0.4 is 0 Å². The molecule has 1 fully saturated rings. The van der Waals surface area contributed by atoms with Gasteiger partial charge in [0.2, 0.25) is 0 Å². The largest absolute Gasteiger partial charge is 0.449 e. The highest BCUT2D eigenvalue weighted by Crippen LogP contribution is 2.48. The fourth-order valence-corrected chi connectivity index (χ4v) is 2.36. The monoisotopic (exact) mass is 339 g/mol. The van der Waals surface area contributed by atoms with E-state index < -0.39 is 23.3 Å². The fourth-order valence-electron chi connectivity index (χ4n) is 2.36. The van der Waals surface area contributed by atoms with E-state index in [1.165, 1.54) is 11.8 Å². The Morgan fingerprint density at radius 3 is 2.46 bits per heavy atom. The number of carbonyl (C=O) groups excluding carboxylic acids is 2. The summed E-state index contributed by atoms with van der Waals surface area (Å²) in [6.07, 6.45) is 0.878. The van der Waals surface area contributed by atoms with E-state index in [1.54, 1.807) is 6.92 Å². The van der Waals surface area contributed by atoms with Crippen LogP contribution in [0, 0.1) is 0 Å². The lowest BCUT2D eigenvalue weighted by atomic mass is 10.2. The second-order valence-corrected chi connectivity index (χ2v) is 6.99. The van der Waals surface area contributed by atoms with E-state index in [2.05, 4.69) is 10.1 Å². The van der Waals surface area contributed by atoms with Gasteiger partial charge in [0.1, 0.15) is 5.60 Å². The highest BCUT2D eigenvalue weighted by molar-refractivity contribution is 5.68. The molecule has 1 heterocycles. The normalized spacial score (nSPS) is 17.1. The van der Waals surface area contributed by atoms with Crippen molar-refractivity contribution in [1.29, 1.82) is 0 Å². The van der Waals surface area contributed by atoms with Gasteiger partial charge in [-0.2, -0.15) is 4.98 Å². The molecule has 0 bridgehead atoms. The Balaban J connectivity index is 2.13. The van der Waals surface area contributed by atoms with Gasteiger partial charge in [-0.25, -0.2) is 4.79 Å². The van der Waals surface area contributed by atoms with Crippen molar-refractivity contribution in [2.24, 2.45) is 0 Å². The molecular formula is C16H25N3O5. The zero-order chi connectivity index (χ0) is 18.1. The smallest absolute Gasteiger partial charge is 0.410 e. The minimum absolute atomic E-state index is 0.278. The number of aromatic nitrogens is 2. The molecule has 24 heavy (non-hydrogen) atoms. The Morgan fingerprint density at radius 1 is 1.38 bits per heavy atom. The number of hydrogen-bond acceptors (Lipinski definition) is 7. The Labute approximate surface area is 141 Å². The van der Waals surface area contributed by atoms with Crippen LogP contribution in [0.5, 0.6) is 0 Å². The summed E-state index contributed by atoms with van der Waals surface area (Å²) in [7, 11) is 0. The third-order valence-electron chi connectivity index (χ3n) is 3.68. The van der Waals surface area contributed by atoms with E-state index in [9.17, 15) is 9.59 Å². The average Bonchev–Trinajstić information content (AvgIpc) is 3.02. The first-order valence-corrected chi connectivity index (χ1v) is 8.11. The molecule has 1 aromatic rings. The molecule has 1 atom stereocenters. The van der Waals surface area contributed by atoms with Crippen LogP contribution in [-0.4, -0.2) is 39.2 Å². The van der Waals surface area contributed by atoms with Crippen LogP contribution in [0.1, 0.15) is 72.1 Å². The van der Waals surface area contributed by atoms with Gasteiger partial charge in [-0.15, -0.1) is 0 Å². The molecule has 1 aliphatic rings. The van der Waals surface area contributed by atoms with E-state index in [0.29, 0.717) is 25.2 Å². The number of ether oxygens (including phenoxy) is 2. The van der Waals surface area contributed by atoms with Gasteiger partial charge in [0, 0.05) is 26.3 Å². The third kappa shape index (κ3) is 4.04. The van der Waals surface area contributed by atoms with E-state index >= 15 is 0 Å². The Morgan fingerprint density at radius 2 is 2.00 bits per heavy atom. The Hall–Kier alpha value is -2.12. The van der Waals surface area contributed by atoms with Crippen molar-refractivity contribution < 1.29 is 23.6 Å². The van der Waals surface area contributed by atoms with Crippen LogP contribution in [0.15, 0.2) is 4.52 Å². The minimum Gasteiger partial charge on any atom is -0.449 e. The summed E-state index contributed by atoms with van der Waals surface area (Å²) in [5.41, 5.74) is -1.38. The van der Waals surface area contributed by atoms with Gasteiger partial charge < -0.3 is 14.0 Å². The third-order valence-corrected chi connectivity index (χ3v) is 3.68. The maximum Gasteiger partial charge on any atom is 0.410 e. The van der Waals surface area contributed by atoms with Gasteiger partial charge in [0.05, 0.1) is 6.04 Å². The first-order chi connectivity index (χ1) is 11.1. The van der Waals surface area contributed by atoms with Crippen LogP contribution in [0.3, 0.4) is 0 Å². The quantitative estimate of drug-likeness (QED) is 0.761. The first-order valence-electron chi connectivity index (χ1n) is 8.11. The van der Waals surface area contributed by atoms with Crippen molar-refractivity contribution in [2.45, 2.75) is 71.6 Å². The lowest BCUT2D eigenvalue weighted by Gasteiger charge is -2.29. The molecule has 8 nitrogen and oxygen atoms in total. The number of carbonyl (C=O) groups is 2. The van der Waals surface area contributed by atoms with Crippen molar-refractivity contribution in [1.82, 2.24) is 15.0 Å². The number of amides is 1. The van der Waals surface area contributed by atoms with Crippen LogP contribution in [-0.2, 0) is 19.9 Å². The number of esters is 1. The molecule has 0 radical (unpaired) electrons. The fraction of sp³-hybridized carbons (Fsp3) is 0.750. The van der Waals surface area contributed by atoms with E-state index in [1.807, 2.05) is 27.7 Å². The van der Waals surface area contributed by atoms with Gasteiger partial charge in [0.15, 0.2) is 11.4 Å². The zero-order valence-electron chi connectivity index (χ0n) is 15.1. The second-order valence-electron chi connectivity index (χ2n) is 6.99. The summed E-state index contributed by atoms with van der Waals surface area (Å²) in [4.78, 5) is 29.4. The highest BCUT2D eigenvalue weighted by Gasteiger charge is 2.53. The molecule has 8 heteroatoms. The number of hydrogen-bond donors (Lipinski definition) is 0. The van der Waals surface area contributed by atoms with E-state index in [4.69, 9.17) is 14.0 Å². The number of rotatable bonds is 5. The molecule has 1 aliphatic carbocycles. The average molecular weight is 339 g/mol. The maximum atomic E-state index is 12.3. The van der Waals surface area contributed by atoms with Gasteiger partial charge >= 0.3 is 12.1 Å². The van der Waals surface area contributed by atoms with Crippen LogP contribution in [0.2, 0.25) is 0 Å². The molecule has 0 N–H and O–H groups in total. The molecule has 0 saturated heterocycles. The molecule has 0 aromatic carbocycles. The summed E-state index contributed by atoms with van der Waals surface area (Å²) < 4.78 is 16.0. The van der Waals surface area contributed by atoms with Crippen molar-refractivity contribution in [3.05, 3.63) is 11.7 Å². The van der Waals surface area contributed by atoms with Crippen molar-refractivity contribution in [3.8, 4) is 0 Å². The number of nitrogens with zero attached hydrogens (tertiary/aromatic N) is 3. The predicted molar refractivity (Wildman–Crippen MR) is 84.0 cm³/mol. The lowest BCUT2D eigenvalue weighted by Crippen LogP contribution is -2.38. The summed E-state index contributed by atoms with van der Waals surface area (Å²) in [6.45, 7) is 10.9. The Kier molecular flexibility index (Phi) is 4.87. The van der Waals surface area contributed by atoms with Crippen molar-refractivity contribution in [3.63, 3.8) is 0 Å². The summed E-state index contributed by atoms with van der Waals surface area (Å²) in [6, 6.07) is -0.421. The van der Waals surface area contributed by atoms with Gasteiger partial charge in [-0.05, 0) is 34.6 Å². The van der Waals surface area contributed by atoms with Crippen LogP contribution >= 0.6 is 0 Å². The van der Waals surface area contributed by atoms with Crippen molar-refractivity contribution >= 4 is 12.1 Å².